The number of ether oxygens (including phenoxy) is 1. The van der Waals surface area contributed by atoms with Crippen LogP contribution in [-0.4, -0.2) is 24.5 Å². The second-order valence-electron chi connectivity index (χ2n) is 5.65. The minimum atomic E-state index is 0.144. The molecule has 1 N–H and O–H groups in total. The zero-order chi connectivity index (χ0) is 16.5. The van der Waals surface area contributed by atoms with Crippen molar-refractivity contribution in [2.75, 3.05) is 23.9 Å². The fourth-order valence-electron chi connectivity index (χ4n) is 2.93. The number of nitrogens with zero attached hydrogens (tertiary/aromatic N) is 2. The molecular formula is C18H17N3O2S. The molecular weight excluding hydrogens is 322 g/mol. The Labute approximate surface area is 143 Å². The van der Waals surface area contributed by atoms with Crippen LogP contribution in [0.25, 0.3) is 10.2 Å². The van der Waals surface area contributed by atoms with E-state index in [4.69, 9.17) is 4.74 Å². The third-order valence-electron chi connectivity index (χ3n) is 4.09. The van der Waals surface area contributed by atoms with Gasteiger partial charge in [-0.15, -0.1) is 0 Å². The number of anilines is 3. The zero-order valence-electron chi connectivity index (χ0n) is 13.3. The van der Waals surface area contributed by atoms with Crippen molar-refractivity contribution in [1.29, 1.82) is 0 Å². The zero-order valence-corrected chi connectivity index (χ0v) is 14.1. The summed E-state index contributed by atoms with van der Waals surface area (Å²) < 4.78 is 6.57. The Bertz CT molecular complexity index is 873. The first-order valence-electron chi connectivity index (χ1n) is 7.85. The van der Waals surface area contributed by atoms with Gasteiger partial charge >= 0.3 is 0 Å². The Balaban J connectivity index is 1.66. The molecule has 0 radical (unpaired) electrons. The van der Waals surface area contributed by atoms with E-state index < -0.39 is 0 Å². The molecule has 122 valence electrons. The monoisotopic (exact) mass is 339 g/mol. The van der Waals surface area contributed by atoms with Gasteiger partial charge in [0.25, 0.3) is 0 Å². The summed E-state index contributed by atoms with van der Waals surface area (Å²) in [6.45, 7) is 0.736. The molecule has 3 aromatic rings. The summed E-state index contributed by atoms with van der Waals surface area (Å²) in [5, 5.41) is 4.17. The van der Waals surface area contributed by atoms with Crippen LogP contribution >= 0.6 is 11.3 Å². The molecule has 1 aliphatic heterocycles. The number of carbonyl (C=O) groups is 1. The first-order chi connectivity index (χ1) is 11.7. The molecule has 0 spiro atoms. The van der Waals surface area contributed by atoms with Crippen molar-refractivity contribution in [1.82, 2.24) is 4.98 Å². The molecule has 5 nitrogen and oxygen atoms in total. The lowest BCUT2D eigenvalue weighted by atomic mass is 10.2. The van der Waals surface area contributed by atoms with Crippen LogP contribution in [0.3, 0.4) is 0 Å². The Hall–Kier alpha value is -2.60. The summed E-state index contributed by atoms with van der Waals surface area (Å²) in [7, 11) is 1.63. The van der Waals surface area contributed by atoms with Crippen LogP contribution in [0.5, 0.6) is 5.75 Å². The maximum Gasteiger partial charge on any atom is 0.227 e. The van der Waals surface area contributed by atoms with Gasteiger partial charge in [-0.2, -0.15) is 0 Å². The van der Waals surface area contributed by atoms with E-state index >= 15 is 0 Å². The third kappa shape index (κ3) is 2.69. The molecule has 1 fully saturated rings. The molecule has 1 aromatic heterocycles. The second kappa shape index (κ2) is 6.13. The third-order valence-corrected chi connectivity index (χ3v) is 5.04. The van der Waals surface area contributed by atoms with Gasteiger partial charge in [-0.3, -0.25) is 4.79 Å². The Morgan fingerprint density at radius 3 is 2.88 bits per heavy atom. The molecule has 1 amide bonds. The highest BCUT2D eigenvalue weighted by Crippen LogP contribution is 2.36. The van der Waals surface area contributed by atoms with E-state index in [2.05, 4.69) is 16.4 Å². The Morgan fingerprint density at radius 2 is 2.12 bits per heavy atom. The number of benzene rings is 2. The van der Waals surface area contributed by atoms with Crippen molar-refractivity contribution < 1.29 is 9.53 Å². The van der Waals surface area contributed by atoms with E-state index in [0.717, 1.165) is 39.7 Å². The van der Waals surface area contributed by atoms with Gasteiger partial charge in [0, 0.05) is 18.7 Å². The number of para-hydroxylation sites is 1. The predicted octanol–water partition coefficient (Wildman–Crippen LogP) is 4.18. The van der Waals surface area contributed by atoms with E-state index in [1.807, 2.05) is 36.4 Å². The normalized spacial score (nSPS) is 14.4. The molecule has 2 heterocycles. The number of methoxy groups -OCH3 is 1. The van der Waals surface area contributed by atoms with Crippen LogP contribution in [0.2, 0.25) is 0 Å². The quantitative estimate of drug-likeness (QED) is 0.775. The molecule has 6 heteroatoms. The number of fused-ring (bicyclic) bond motifs is 1. The lowest BCUT2D eigenvalue weighted by Gasteiger charge is -2.20. The van der Waals surface area contributed by atoms with Gasteiger partial charge in [0.15, 0.2) is 5.13 Å². The first kappa shape index (κ1) is 15.0. The minimum Gasteiger partial charge on any atom is -0.495 e. The Kier molecular flexibility index (Phi) is 3.82. The number of nitrogens with one attached hydrogen (secondary N) is 1. The summed E-state index contributed by atoms with van der Waals surface area (Å²) in [6, 6.07) is 13.8. The number of aromatic nitrogens is 1. The number of hydrogen-bond donors (Lipinski definition) is 1. The van der Waals surface area contributed by atoms with Crippen molar-refractivity contribution in [3.8, 4) is 5.75 Å². The van der Waals surface area contributed by atoms with Crippen LogP contribution in [0.4, 0.5) is 16.5 Å². The summed E-state index contributed by atoms with van der Waals surface area (Å²) in [5.74, 6) is 0.852. The van der Waals surface area contributed by atoms with Crippen LogP contribution < -0.4 is 15.0 Å². The maximum absolute atomic E-state index is 12.1. The largest absolute Gasteiger partial charge is 0.495 e. The van der Waals surface area contributed by atoms with Crippen LogP contribution in [0, 0.1) is 0 Å². The average Bonchev–Trinajstić information content (AvgIpc) is 3.20. The van der Waals surface area contributed by atoms with E-state index in [0.29, 0.717) is 12.2 Å². The smallest absolute Gasteiger partial charge is 0.227 e. The van der Waals surface area contributed by atoms with Gasteiger partial charge in [-0.05, 0) is 36.8 Å². The van der Waals surface area contributed by atoms with E-state index in [9.17, 15) is 4.79 Å². The number of rotatable bonds is 4. The van der Waals surface area contributed by atoms with Gasteiger partial charge in [-0.1, -0.05) is 23.5 Å². The van der Waals surface area contributed by atoms with Crippen molar-refractivity contribution in [2.24, 2.45) is 0 Å². The van der Waals surface area contributed by atoms with Crippen LogP contribution in [0.1, 0.15) is 12.8 Å². The number of amides is 1. The van der Waals surface area contributed by atoms with Gasteiger partial charge in [0.2, 0.25) is 5.91 Å². The molecule has 4 rings (SSSR count). The standard InChI is InChI=1S/C18H17N3O2S/c1-23-15-9-8-12(11-14(15)21-10-4-7-17(21)22)19-18-20-13-5-2-3-6-16(13)24-18/h2-3,5-6,8-9,11H,4,7,10H2,1H3,(H,19,20). The van der Waals surface area contributed by atoms with Gasteiger partial charge < -0.3 is 15.0 Å². The minimum absolute atomic E-state index is 0.144. The Morgan fingerprint density at radius 1 is 1.25 bits per heavy atom. The topological polar surface area (TPSA) is 54.5 Å². The molecule has 0 bridgehead atoms. The molecule has 0 saturated carbocycles. The van der Waals surface area contributed by atoms with Gasteiger partial charge in [0.1, 0.15) is 5.75 Å². The van der Waals surface area contributed by atoms with Crippen molar-refractivity contribution >= 4 is 44.0 Å². The van der Waals surface area contributed by atoms with E-state index in [1.165, 1.54) is 0 Å². The highest BCUT2D eigenvalue weighted by molar-refractivity contribution is 7.22. The van der Waals surface area contributed by atoms with Crippen molar-refractivity contribution in [3.63, 3.8) is 0 Å². The van der Waals surface area contributed by atoms with Crippen molar-refractivity contribution in [3.05, 3.63) is 42.5 Å². The fraction of sp³-hybridized carbons (Fsp3) is 0.222. The lowest BCUT2D eigenvalue weighted by molar-refractivity contribution is -0.117. The highest BCUT2D eigenvalue weighted by atomic mass is 32.1. The molecule has 2 aromatic carbocycles. The first-order valence-corrected chi connectivity index (χ1v) is 8.67. The lowest BCUT2D eigenvalue weighted by Crippen LogP contribution is -2.24. The molecule has 1 saturated heterocycles. The predicted molar refractivity (Wildman–Crippen MR) is 97.5 cm³/mol. The molecule has 0 unspecified atom stereocenters. The second-order valence-corrected chi connectivity index (χ2v) is 6.68. The average molecular weight is 339 g/mol. The van der Waals surface area contributed by atoms with Gasteiger partial charge in [0.05, 0.1) is 23.0 Å². The summed E-state index contributed by atoms with van der Waals surface area (Å²) in [5.41, 5.74) is 2.68. The van der Waals surface area contributed by atoms with Crippen LogP contribution in [0.15, 0.2) is 42.5 Å². The fourth-order valence-corrected chi connectivity index (χ4v) is 3.82. The maximum atomic E-state index is 12.1. The molecule has 0 atom stereocenters. The SMILES string of the molecule is COc1ccc(Nc2nc3ccccc3s2)cc1N1CCCC1=O. The molecule has 1 aliphatic rings. The summed E-state index contributed by atoms with van der Waals surface area (Å²) >= 11 is 1.61. The number of carbonyl (C=O) groups excluding carboxylic acids is 1. The highest BCUT2D eigenvalue weighted by Gasteiger charge is 2.24. The summed E-state index contributed by atoms with van der Waals surface area (Å²) in [4.78, 5) is 18.5. The summed E-state index contributed by atoms with van der Waals surface area (Å²) in [6.07, 6.45) is 1.48. The van der Waals surface area contributed by atoms with Crippen molar-refractivity contribution in [2.45, 2.75) is 12.8 Å². The van der Waals surface area contributed by atoms with E-state index in [1.54, 1.807) is 23.3 Å². The van der Waals surface area contributed by atoms with E-state index in [-0.39, 0.29) is 5.91 Å². The van der Waals surface area contributed by atoms with Crippen LogP contribution in [-0.2, 0) is 4.79 Å². The number of hydrogen-bond acceptors (Lipinski definition) is 5. The number of thiazole rings is 1. The molecule has 24 heavy (non-hydrogen) atoms. The molecule has 0 aliphatic carbocycles. The van der Waals surface area contributed by atoms with Gasteiger partial charge in [-0.25, -0.2) is 4.98 Å².